The molecule has 1 heteroatoms. The molecular weight excluding hydrogens is 182 g/mol. The van der Waals surface area contributed by atoms with E-state index in [1.807, 2.05) is 0 Å². The van der Waals surface area contributed by atoms with Crippen LogP contribution < -0.4 is 5.32 Å². The molecule has 2 rings (SSSR count). The van der Waals surface area contributed by atoms with Crippen molar-refractivity contribution < 1.29 is 0 Å². The highest BCUT2D eigenvalue weighted by molar-refractivity contribution is 4.92. The van der Waals surface area contributed by atoms with Crippen molar-refractivity contribution in [2.45, 2.75) is 77.8 Å². The van der Waals surface area contributed by atoms with Crippen molar-refractivity contribution in [3.05, 3.63) is 0 Å². The van der Waals surface area contributed by atoms with Gasteiger partial charge in [0.05, 0.1) is 0 Å². The fourth-order valence-electron chi connectivity index (χ4n) is 3.35. The zero-order valence-electron chi connectivity index (χ0n) is 10.7. The topological polar surface area (TPSA) is 12.0 Å². The molecule has 2 saturated carbocycles. The second kappa shape index (κ2) is 4.45. The molecule has 0 radical (unpaired) electrons. The first-order valence-corrected chi connectivity index (χ1v) is 6.84. The van der Waals surface area contributed by atoms with Gasteiger partial charge in [0.15, 0.2) is 0 Å². The van der Waals surface area contributed by atoms with E-state index in [9.17, 15) is 0 Å². The Bertz CT molecular complexity index is 201. The van der Waals surface area contributed by atoms with Gasteiger partial charge in [0.25, 0.3) is 0 Å². The van der Waals surface area contributed by atoms with Crippen LogP contribution in [0, 0.1) is 11.3 Å². The van der Waals surface area contributed by atoms with Gasteiger partial charge in [-0.3, -0.25) is 0 Å². The molecule has 0 spiro atoms. The average molecular weight is 209 g/mol. The van der Waals surface area contributed by atoms with Crippen LogP contribution in [0.2, 0.25) is 0 Å². The quantitative estimate of drug-likeness (QED) is 0.730. The standard InChI is InChI=1S/C14H27N/c1-11-6-8-12(9-7-11)15-13-5-4-10-14(13,2)3/h11-13,15H,4-10H2,1-3H3. The van der Waals surface area contributed by atoms with E-state index in [1.54, 1.807) is 0 Å². The Kier molecular flexibility index (Phi) is 3.39. The largest absolute Gasteiger partial charge is 0.311 e. The van der Waals surface area contributed by atoms with Gasteiger partial charge in [0.2, 0.25) is 0 Å². The van der Waals surface area contributed by atoms with E-state index in [0.717, 1.165) is 18.0 Å². The maximum atomic E-state index is 3.93. The van der Waals surface area contributed by atoms with Gasteiger partial charge in [-0.25, -0.2) is 0 Å². The summed E-state index contributed by atoms with van der Waals surface area (Å²) in [5.74, 6) is 0.972. The van der Waals surface area contributed by atoms with Gasteiger partial charge >= 0.3 is 0 Å². The Balaban J connectivity index is 1.81. The maximum absolute atomic E-state index is 3.93. The summed E-state index contributed by atoms with van der Waals surface area (Å²) in [7, 11) is 0. The van der Waals surface area contributed by atoms with Crippen LogP contribution in [0.5, 0.6) is 0 Å². The molecule has 1 atom stereocenters. The third-order valence-corrected chi connectivity index (χ3v) is 4.71. The lowest BCUT2D eigenvalue weighted by molar-refractivity contribution is 0.221. The summed E-state index contributed by atoms with van der Waals surface area (Å²) in [5.41, 5.74) is 0.545. The molecule has 0 aliphatic heterocycles. The van der Waals surface area contributed by atoms with Crippen molar-refractivity contribution in [2.24, 2.45) is 11.3 Å². The number of hydrogen-bond donors (Lipinski definition) is 1. The van der Waals surface area contributed by atoms with Gasteiger partial charge < -0.3 is 5.32 Å². The molecule has 1 unspecified atom stereocenters. The molecule has 2 aliphatic rings. The van der Waals surface area contributed by atoms with Crippen LogP contribution in [0.15, 0.2) is 0 Å². The fraction of sp³-hybridized carbons (Fsp3) is 1.00. The predicted octanol–water partition coefficient (Wildman–Crippen LogP) is 3.73. The molecule has 0 saturated heterocycles. The third kappa shape index (κ3) is 2.75. The Morgan fingerprint density at radius 2 is 1.67 bits per heavy atom. The summed E-state index contributed by atoms with van der Waals surface area (Å²) in [5, 5.41) is 3.93. The van der Waals surface area contributed by atoms with Gasteiger partial charge in [-0.05, 0) is 49.9 Å². The second-order valence-electron chi connectivity index (χ2n) is 6.56. The van der Waals surface area contributed by atoms with Gasteiger partial charge in [0, 0.05) is 12.1 Å². The van der Waals surface area contributed by atoms with Crippen molar-refractivity contribution in [1.82, 2.24) is 5.32 Å². The molecule has 0 aromatic carbocycles. The SMILES string of the molecule is CC1CCC(NC2CCCC2(C)C)CC1. The molecule has 1 N–H and O–H groups in total. The molecule has 2 fully saturated rings. The van der Waals surface area contributed by atoms with Crippen molar-refractivity contribution in [3.63, 3.8) is 0 Å². The number of rotatable bonds is 2. The highest BCUT2D eigenvalue weighted by Gasteiger charge is 2.35. The van der Waals surface area contributed by atoms with E-state index in [-0.39, 0.29) is 0 Å². The summed E-state index contributed by atoms with van der Waals surface area (Å²) in [6.07, 6.45) is 9.93. The van der Waals surface area contributed by atoms with Crippen molar-refractivity contribution >= 4 is 0 Å². The van der Waals surface area contributed by atoms with Crippen LogP contribution in [0.1, 0.15) is 65.7 Å². The molecule has 88 valence electrons. The van der Waals surface area contributed by atoms with Crippen LogP contribution >= 0.6 is 0 Å². The van der Waals surface area contributed by atoms with Crippen LogP contribution in [0.3, 0.4) is 0 Å². The third-order valence-electron chi connectivity index (χ3n) is 4.71. The smallest absolute Gasteiger partial charge is 0.0121 e. The first kappa shape index (κ1) is 11.4. The zero-order chi connectivity index (χ0) is 10.9. The van der Waals surface area contributed by atoms with Crippen LogP contribution in [0.4, 0.5) is 0 Å². The molecule has 0 bridgehead atoms. The molecule has 1 nitrogen and oxygen atoms in total. The monoisotopic (exact) mass is 209 g/mol. The summed E-state index contributed by atoms with van der Waals surface area (Å²) in [6.45, 7) is 7.27. The van der Waals surface area contributed by atoms with Crippen LogP contribution in [-0.2, 0) is 0 Å². The van der Waals surface area contributed by atoms with Crippen LogP contribution in [-0.4, -0.2) is 12.1 Å². The number of hydrogen-bond acceptors (Lipinski definition) is 1. The first-order valence-electron chi connectivity index (χ1n) is 6.84. The van der Waals surface area contributed by atoms with E-state index >= 15 is 0 Å². The van der Waals surface area contributed by atoms with E-state index in [0.29, 0.717) is 5.41 Å². The molecule has 0 aromatic heterocycles. The summed E-state index contributed by atoms with van der Waals surface area (Å²) >= 11 is 0. The molecule has 2 aliphatic carbocycles. The summed E-state index contributed by atoms with van der Waals surface area (Å²) in [6, 6.07) is 1.61. The second-order valence-corrected chi connectivity index (χ2v) is 6.56. The summed E-state index contributed by atoms with van der Waals surface area (Å²) in [4.78, 5) is 0. The lowest BCUT2D eigenvalue weighted by Crippen LogP contribution is -2.45. The Morgan fingerprint density at radius 1 is 1.00 bits per heavy atom. The first-order chi connectivity index (χ1) is 7.08. The Morgan fingerprint density at radius 3 is 2.20 bits per heavy atom. The van der Waals surface area contributed by atoms with Gasteiger partial charge in [-0.2, -0.15) is 0 Å². The minimum Gasteiger partial charge on any atom is -0.311 e. The van der Waals surface area contributed by atoms with Gasteiger partial charge in [-0.1, -0.05) is 27.2 Å². The molecule has 15 heavy (non-hydrogen) atoms. The predicted molar refractivity (Wildman–Crippen MR) is 66.0 cm³/mol. The van der Waals surface area contributed by atoms with Crippen molar-refractivity contribution in [2.75, 3.05) is 0 Å². The highest BCUT2D eigenvalue weighted by Crippen LogP contribution is 2.38. The van der Waals surface area contributed by atoms with E-state index in [2.05, 4.69) is 26.1 Å². The van der Waals surface area contributed by atoms with Crippen molar-refractivity contribution in [1.29, 1.82) is 0 Å². The highest BCUT2D eigenvalue weighted by atomic mass is 15.0. The molecular formula is C14H27N. The van der Waals surface area contributed by atoms with Gasteiger partial charge in [-0.15, -0.1) is 0 Å². The zero-order valence-corrected chi connectivity index (χ0v) is 10.7. The lowest BCUT2D eigenvalue weighted by atomic mass is 9.83. The number of nitrogens with one attached hydrogen (secondary N) is 1. The average Bonchev–Trinajstić information content (AvgIpc) is 2.50. The van der Waals surface area contributed by atoms with E-state index in [4.69, 9.17) is 0 Å². The summed E-state index contributed by atoms with van der Waals surface area (Å²) < 4.78 is 0. The van der Waals surface area contributed by atoms with Crippen LogP contribution in [0.25, 0.3) is 0 Å². The van der Waals surface area contributed by atoms with E-state index < -0.39 is 0 Å². The lowest BCUT2D eigenvalue weighted by Gasteiger charge is -2.35. The minimum absolute atomic E-state index is 0.545. The molecule has 0 heterocycles. The Labute approximate surface area is 95.0 Å². The Hall–Kier alpha value is -0.0400. The maximum Gasteiger partial charge on any atom is 0.0121 e. The molecule has 0 amide bonds. The fourth-order valence-corrected chi connectivity index (χ4v) is 3.35. The van der Waals surface area contributed by atoms with E-state index in [1.165, 1.54) is 44.9 Å². The van der Waals surface area contributed by atoms with Crippen molar-refractivity contribution in [3.8, 4) is 0 Å². The normalized spacial score (nSPS) is 40.6. The molecule has 0 aromatic rings. The minimum atomic E-state index is 0.545. The van der Waals surface area contributed by atoms with Gasteiger partial charge in [0.1, 0.15) is 0 Å².